The molecule has 0 atom stereocenters. The predicted molar refractivity (Wildman–Crippen MR) is 87.7 cm³/mol. The Morgan fingerprint density at radius 3 is 2.48 bits per heavy atom. The van der Waals surface area contributed by atoms with E-state index in [2.05, 4.69) is 4.98 Å². The highest BCUT2D eigenvalue weighted by molar-refractivity contribution is 7.89. The van der Waals surface area contributed by atoms with E-state index in [1.165, 1.54) is 16.4 Å². The number of hydrogen-bond donors (Lipinski definition) is 0. The Bertz CT molecular complexity index is 669. The molecule has 0 bridgehead atoms. The van der Waals surface area contributed by atoms with E-state index in [-0.39, 0.29) is 30.1 Å². The van der Waals surface area contributed by atoms with Crippen molar-refractivity contribution in [1.82, 2.24) is 9.29 Å². The Morgan fingerprint density at radius 1 is 1.28 bits per heavy atom. The van der Waals surface area contributed by atoms with Gasteiger partial charge in [-0.05, 0) is 30.7 Å². The maximum absolute atomic E-state index is 12.6. The fourth-order valence-corrected chi connectivity index (χ4v) is 4.56. The van der Waals surface area contributed by atoms with Gasteiger partial charge in [0.25, 0.3) is 0 Å². The zero-order valence-electron chi connectivity index (χ0n) is 14.3. The first-order chi connectivity index (χ1) is 11.6. The van der Waals surface area contributed by atoms with Gasteiger partial charge in [-0.25, -0.2) is 17.7 Å². The van der Waals surface area contributed by atoms with Crippen molar-refractivity contribution in [2.75, 3.05) is 25.4 Å². The van der Waals surface area contributed by atoms with E-state index in [4.69, 9.17) is 4.74 Å². The molecule has 142 valence electrons. The lowest BCUT2D eigenvalue weighted by atomic mass is 9.99. The van der Waals surface area contributed by atoms with Crippen LogP contribution in [0.25, 0.3) is 0 Å². The second kappa shape index (κ2) is 7.90. The molecule has 0 amide bonds. The summed E-state index contributed by atoms with van der Waals surface area (Å²) in [5.74, 6) is 0.229. The lowest BCUT2D eigenvalue weighted by Gasteiger charge is -2.31. The van der Waals surface area contributed by atoms with Gasteiger partial charge >= 0.3 is 6.18 Å². The maximum Gasteiger partial charge on any atom is 0.433 e. The van der Waals surface area contributed by atoms with Crippen molar-refractivity contribution in [3.63, 3.8) is 0 Å². The van der Waals surface area contributed by atoms with Gasteiger partial charge in [0.15, 0.2) is 0 Å². The first-order valence-electron chi connectivity index (χ1n) is 8.23. The Labute approximate surface area is 146 Å². The van der Waals surface area contributed by atoms with Crippen LogP contribution in [-0.2, 0) is 16.2 Å². The number of piperidine rings is 1. The molecule has 0 N–H and O–H groups in total. The van der Waals surface area contributed by atoms with Crippen LogP contribution in [0.2, 0.25) is 0 Å². The van der Waals surface area contributed by atoms with Crippen LogP contribution < -0.4 is 4.74 Å². The average Bonchev–Trinajstić information content (AvgIpc) is 2.51. The fourth-order valence-electron chi connectivity index (χ4n) is 2.74. The van der Waals surface area contributed by atoms with Crippen molar-refractivity contribution < 1.29 is 26.3 Å². The Balaban J connectivity index is 1.85. The topological polar surface area (TPSA) is 59.5 Å². The summed E-state index contributed by atoms with van der Waals surface area (Å²) in [6.07, 6.45) is -3.26. The van der Waals surface area contributed by atoms with E-state index in [1.54, 1.807) is 0 Å². The Kier molecular flexibility index (Phi) is 6.31. The second-order valence-corrected chi connectivity index (χ2v) is 8.70. The van der Waals surface area contributed by atoms with E-state index in [0.717, 1.165) is 6.07 Å². The lowest BCUT2D eigenvalue weighted by Crippen LogP contribution is -2.41. The third kappa shape index (κ3) is 5.85. The monoisotopic (exact) mass is 380 g/mol. The number of alkyl halides is 3. The van der Waals surface area contributed by atoms with Crippen molar-refractivity contribution >= 4 is 10.0 Å². The van der Waals surface area contributed by atoms with Gasteiger partial charge in [0.05, 0.1) is 12.4 Å². The summed E-state index contributed by atoms with van der Waals surface area (Å²) in [7, 11) is -3.24. The molecular weight excluding hydrogens is 357 g/mol. The molecule has 2 rings (SSSR count). The molecule has 0 spiro atoms. The van der Waals surface area contributed by atoms with Crippen molar-refractivity contribution in [3.05, 3.63) is 23.9 Å². The molecule has 1 fully saturated rings. The summed E-state index contributed by atoms with van der Waals surface area (Å²) in [6.45, 7) is 4.78. The molecule has 1 aliphatic rings. The molecule has 1 saturated heterocycles. The minimum atomic E-state index is -4.50. The average molecular weight is 380 g/mol. The molecule has 0 aliphatic carbocycles. The van der Waals surface area contributed by atoms with Crippen LogP contribution >= 0.6 is 0 Å². The van der Waals surface area contributed by atoms with Crippen molar-refractivity contribution in [1.29, 1.82) is 0 Å². The maximum atomic E-state index is 12.6. The Morgan fingerprint density at radius 2 is 1.92 bits per heavy atom. The van der Waals surface area contributed by atoms with Gasteiger partial charge in [-0.1, -0.05) is 19.9 Å². The quantitative estimate of drug-likeness (QED) is 0.761. The van der Waals surface area contributed by atoms with E-state index in [1.807, 2.05) is 13.8 Å². The van der Waals surface area contributed by atoms with Gasteiger partial charge in [-0.2, -0.15) is 13.2 Å². The highest BCUT2D eigenvalue weighted by Crippen LogP contribution is 2.29. The molecule has 25 heavy (non-hydrogen) atoms. The number of rotatable bonds is 6. The number of pyridine rings is 1. The molecular formula is C16H23F3N2O3S. The third-order valence-electron chi connectivity index (χ3n) is 3.99. The van der Waals surface area contributed by atoms with Gasteiger partial charge in [-0.15, -0.1) is 0 Å². The highest BCUT2D eigenvalue weighted by Gasteiger charge is 2.33. The van der Waals surface area contributed by atoms with E-state index in [0.29, 0.717) is 25.9 Å². The van der Waals surface area contributed by atoms with Gasteiger partial charge < -0.3 is 4.74 Å². The van der Waals surface area contributed by atoms with Crippen molar-refractivity contribution in [2.45, 2.75) is 32.9 Å². The standard InChI is InChI=1S/C16H23F3N2O3S/c1-12(2)11-25(22,23)21-8-6-13(7-9-21)10-24-15-5-3-4-14(20-15)16(17,18)19/h3-5,12-13H,6-11H2,1-2H3. The van der Waals surface area contributed by atoms with Crippen LogP contribution in [0.1, 0.15) is 32.4 Å². The van der Waals surface area contributed by atoms with Crippen LogP contribution in [0.15, 0.2) is 18.2 Å². The molecule has 0 unspecified atom stereocenters. The summed E-state index contributed by atoms with van der Waals surface area (Å²) in [5.41, 5.74) is -0.986. The number of ether oxygens (including phenoxy) is 1. The summed E-state index contributed by atoms with van der Waals surface area (Å²) >= 11 is 0. The largest absolute Gasteiger partial charge is 0.477 e. The fraction of sp³-hybridized carbons (Fsp3) is 0.688. The minimum Gasteiger partial charge on any atom is -0.477 e. The van der Waals surface area contributed by atoms with Gasteiger partial charge in [-0.3, -0.25) is 0 Å². The minimum absolute atomic E-state index is 0.0651. The molecule has 2 heterocycles. The molecule has 0 aromatic carbocycles. The number of aromatic nitrogens is 1. The Hall–Kier alpha value is -1.35. The normalized spacial score (nSPS) is 17.8. The number of hydrogen-bond acceptors (Lipinski definition) is 4. The smallest absolute Gasteiger partial charge is 0.433 e. The zero-order valence-corrected chi connectivity index (χ0v) is 15.1. The van der Waals surface area contributed by atoms with Crippen LogP contribution in [0.5, 0.6) is 5.88 Å². The molecule has 1 aromatic rings. The number of halogens is 3. The lowest BCUT2D eigenvalue weighted by molar-refractivity contribution is -0.141. The first kappa shape index (κ1) is 20.0. The van der Waals surface area contributed by atoms with Crippen LogP contribution in [0.3, 0.4) is 0 Å². The molecule has 9 heteroatoms. The number of sulfonamides is 1. The second-order valence-electron chi connectivity index (χ2n) is 6.68. The molecule has 1 aliphatic heterocycles. The van der Waals surface area contributed by atoms with Crippen LogP contribution in [0, 0.1) is 11.8 Å². The molecule has 0 radical (unpaired) electrons. The van der Waals surface area contributed by atoms with E-state index >= 15 is 0 Å². The summed E-state index contributed by atoms with van der Waals surface area (Å²) in [6, 6.07) is 3.54. The van der Waals surface area contributed by atoms with Gasteiger partial charge in [0.2, 0.25) is 15.9 Å². The van der Waals surface area contributed by atoms with Crippen molar-refractivity contribution in [2.24, 2.45) is 11.8 Å². The predicted octanol–water partition coefficient (Wildman–Crippen LogP) is 3.18. The summed E-state index contributed by atoms with van der Waals surface area (Å²) in [4.78, 5) is 3.46. The molecule has 1 aromatic heterocycles. The first-order valence-corrected chi connectivity index (χ1v) is 9.83. The highest BCUT2D eigenvalue weighted by atomic mass is 32.2. The number of nitrogens with zero attached hydrogens (tertiary/aromatic N) is 2. The van der Waals surface area contributed by atoms with Crippen LogP contribution in [0.4, 0.5) is 13.2 Å². The zero-order chi connectivity index (χ0) is 18.7. The summed E-state index contributed by atoms with van der Waals surface area (Å²) in [5, 5.41) is 0. The van der Waals surface area contributed by atoms with Crippen LogP contribution in [-0.4, -0.2) is 43.2 Å². The van der Waals surface area contributed by atoms with E-state index in [9.17, 15) is 21.6 Å². The van der Waals surface area contributed by atoms with E-state index < -0.39 is 21.9 Å². The molecule has 5 nitrogen and oxygen atoms in total. The van der Waals surface area contributed by atoms with Gasteiger partial charge in [0.1, 0.15) is 5.69 Å². The molecule has 0 saturated carbocycles. The SMILES string of the molecule is CC(C)CS(=O)(=O)N1CCC(COc2cccc(C(F)(F)F)n2)CC1. The summed E-state index contributed by atoms with van der Waals surface area (Å²) < 4.78 is 69.1. The van der Waals surface area contributed by atoms with Gasteiger partial charge in [0, 0.05) is 19.2 Å². The van der Waals surface area contributed by atoms with Crippen molar-refractivity contribution in [3.8, 4) is 5.88 Å². The third-order valence-corrected chi connectivity index (χ3v) is 6.23.